The molecule has 0 aliphatic carbocycles. The molecule has 0 saturated heterocycles. The Morgan fingerprint density at radius 1 is 1.44 bits per heavy atom. The third-order valence-corrected chi connectivity index (χ3v) is 3.21. The minimum atomic E-state index is -0.290. The minimum Gasteiger partial charge on any atom is -0.384 e. The number of nitrogen functional groups attached to an aromatic ring is 1. The van der Waals surface area contributed by atoms with Gasteiger partial charge in [-0.3, -0.25) is 4.68 Å². The predicted octanol–water partition coefficient (Wildman–Crippen LogP) is 2.88. The first-order valence-electron chi connectivity index (χ1n) is 4.75. The van der Waals surface area contributed by atoms with E-state index in [4.69, 9.17) is 5.73 Å². The highest BCUT2D eigenvalue weighted by Crippen LogP contribution is 2.32. The van der Waals surface area contributed by atoms with Gasteiger partial charge in [-0.25, -0.2) is 4.39 Å². The molecule has 2 rings (SSSR count). The number of benzene rings is 1. The van der Waals surface area contributed by atoms with Crippen molar-refractivity contribution in [2.45, 2.75) is 6.92 Å². The van der Waals surface area contributed by atoms with E-state index in [9.17, 15) is 4.39 Å². The first-order valence-corrected chi connectivity index (χ1v) is 5.54. The maximum Gasteiger partial charge on any atom is 0.124 e. The van der Waals surface area contributed by atoms with Crippen molar-refractivity contribution < 1.29 is 4.39 Å². The van der Waals surface area contributed by atoms with Crippen LogP contribution in [-0.2, 0) is 7.05 Å². The quantitative estimate of drug-likeness (QED) is 0.875. The number of aryl methyl sites for hydroxylation is 1. The van der Waals surface area contributed by atoms with Crippen LogP contribution in [0.15, 0.2) is 22.7 Å². The van der Waals surface area contributed by atoms with Crippen molar-refractivity contribution in [3.8, 4) is 11.3 Å². The van der Waals surface area contributed by atoms with Gasteiger partial charge in [-0.1, -0.05) is 15.9 Å². The number of hydrogen-bond acceptors (Lipinski definition) is 2. The van der Waals surface area contributed by atoms with Crippen LogP contribution in [0.5, 0.6) is 0 Å². The summed E-state index contributed by atoms with van der Waals surface area (Å²) in [7, 11) is 1.76. The number of anilines is 1. The molecule has 2 N–H and O–H groups in total. The SMILES string of the molecule is Cc1c(-c2cc(F)ccc2Br)nn(C)c1N. The Bertz CT molecular complexity index is 548. The second kappa shape index (κ2) is 3.90. The molecule has 0 fully saturated rings. The lowest BCUT2D eigenvalue weighted by Crippen LogP contribution is -1.97. The van der Waals surface area contributed by atoms with E-state index in [2.05, 4.69) is 21.0 Å². The molecule has 0 aliphatic rings. The van der Waals surface area contributed by atoms with E-state index in [0.29, 0.717) is 17.1 Å². The van der Waals surface area contributed by atoms with Gasteiger partial charge in [0, 0.05) is 22.6 Å². The van der Waals surface area contributed by atoms with Crippen molar-refractivity contribution in [3.05, 3.63) is 34.1 Å². The number of nitrogens with two attached hydrogens (primary N) is 1. The van der Waals surface area contributed by atoms with E-state index in [0.717, 1.165) is 10.0 Å². The molecule has 0 bridgehead atoms. The molecule has 0 radical (unpaired) electrons. The second-order valence-electron chi connectivity index (χ2n) is 3.61. The molecule has 0 atom stereocenters. The molecule has 2 aromatic rings. The van der Waals surface area contributed by atoms with Gasteiger partial charge in [0.1, 0.15) is 11.6 Å². The first kappa shape index (κ1) is 11.1. The van der Waals surface area contributed by atoms with Gasteiger partial charge in [0.05, 0.1) is 5.69 Å². The molecule has 16 heavy (non-hydrogen) atoms. The number of halogens is 2. The van der Waals surface area contributed by atoms with E-state index in [1.165, 1.54) is 12.1 Å². The van der Waals surface area contributed by atoms with E-state index in [-0.39, 0.29) is 5.82 Å². The number of rotatable bonds is 1. The van der Waals surface area contributed by atoms with Crippen molar-refractivity contribution in [2.75, 3.05) is 5.73 Å². The average molecular weight is 284 g/mol. The van der Waals surface area contributed by atoms with Gasteiger partial charge in [-0.15, -0.1) is 0 Å². The maximum atomic E-state index is 13.2. The lowest BCUT2D eigenvalue weighted by Gasteiger charge is -2.02. The Hall–Kier alpha value is -1.36. The summed E-state index contributed by atoms with van der Waals surface area (Å²) in [6.45, 7) is 1.87. The maximum absolute atomic E-state index is 13.2. The monoisotopic (exact) mass is 283 g/mol. The van der Waals surface area contributed by atoms with Gasteiger partial charge in [-0.2, -0.15) is 5.10 Å². The molecule has 0 aliphatic heterocycles. The lowest BCUT2D eigenvalue weighted by atomic mass is 10.1. The van der Waals surface area contributed by atoms with Crippen molar-refractivity contribution in [2.24, 2.45) is 7.05 Å². The van der Waals surface area contributed by atoms with Crippen molar-refractivity contribution >= 4 is 21.7 Å². The molecule has 1 aromatic carbocycles. The summed E-state index contributed by atoms with van der Waals surface area (Å²) in [6.07, 6.45) is 0. The molecule has 1 aromatic heterocycles. The van der Waals surface area contributed by atoms with Crippen LogP contribution in [0.1, 0.15) is 5.56 Å². The van der Waals surface area contributed by atoms with Crippen LogP contribution in [0.3, 0.4) is 0 Å². The van der Waals surface area contributed by atoms with Crippen LogP contribution in [0.2, 0.25) is 0 Å². The van der Waals surface area contributed by atoms with Crippen LogP contribution >= 0.6 is 15.9 Å². The smallest absolute Gasteiger partial charge is 0.124 e. The van der Waals surface area contributed by atoms with Crippen LogP contribution in [0.4, 0.5) is 10.2 Å². The highest BCUT2D eigenvalue weighted by molar-refractivity contribution is 9.10. The largest absolute Gasteiger partial charge is 0.384 e. The van der Waals surface area contributed by atoms with Gasteiger partial charge >= 0.3 is 0 Å². The summed E-state index contributed by atoms with van der Waals surface area (Å²) < 4.78 is 15.6. The summed E-state index contributed by atoms with van der Waals surface area (Å²) in [5.74, 6) is 0.299. The normalized spacial score (nSPS) is 10.8. The minimum absolute atomic E-state index is 0.290. The molecule has 5 heteroatoms. The van der Waals surface area contributed by atoms with Crippen LogP contribution in [0, 0.1) is 12.7 Å². The molecule has 1 heterocycles. The first-order chi connectivity index (χ1) is 7.50. The molecule has 0 saturated carbocycles. The third kappa shape index (κ3) is 1.71. The zero-order valence-corrected chi connectivity index (χ0v) is 10.5. The van der Waals surface area contributed by atoms with E-state index in [1.807, 2.05) is 6.92 Å². The van der Waals surface area contributed by atoms with Gasteiger partial charge in [0.25, 0.3) is 0 Å². The van der Waals surface area contributed by atoms with Crippen molar-refractivity contribution in [3.63, 3.8) is 0 Å². The lowest BCUT2D eigenvalue weighted by molar-refractivity contribution is 0.628. The molecule has 3 nitrogen and oxygen atoms in total. The zero-order chi connectivity index (χ0) is 11.9. The van der Waals surface area contributed by atoms with Crippen molar-refractivity contribution in [1.29, 1.82) is 0 Å². The fourth-order valence-corrected chi connectivity index (χ4v) is 2.01. The third-order valence-electron chi connectivity index (χ3n) is 2.52. The summed E-state index contributed by atoms with van der Waals surface area (Å²) in [5.41, 5.74) is 8.09. The summed E-state index contributed by atoms with van der Waals surface area (Å²) in [5, 5.41) is 4.28. The summed E-state index contributed by atoms with van der Waals surface area (Å²) in [6, 6.07) is 4.50. The topological polar surface area (TPSA) is 43.8 Å². The molecule has 0 amide bonds. The average Bonchev–Trinajstić information content (AvgIpc) is 2.50. The predicted molar refractivity (Wildman–Crippen MR) is 65.5 cm³/mol. The van der Waals surface area contributed by atoms with Gasteiger partial charge in [0.15, 0.2) is 0 Å². The molecule has 0 unspecified atom stereocenters. The number of nitrogens with zero attached hydrogens (tertiary/aromatic N) is 2. The summed E-state index contributed by atoms with van der Waals surface area (Å²) >= 11 is 3.38. The molecule has 0 spiro atoms. The molecular formula is C11H11BrFN3. The zero-order valence-electron chi connectivity index (χ0n) is 8.96. The molecular weight excluding hydrogens is 273 g/mol. The molecule has 84 valence electrons. The summed E-state index contributed by atoms with van der Waals surface area (Å²) in [4.78, 5) is 0. The van der Waals surface area contributed by atoms with Gasteiger partial charge in [-0.05, 0) is 25.1 Å². The van der Waals surface area contributed by atoms with Gasteiger partial charge in [0.2, 0.25) is 0 Å². The van der Waals surface area contributed by atoms with Crippen LogP contribution in [0.25, 0.3) is 11.3 Å². The fraction of sp³-hybridized carbons (Fsp3) is 0.182. The van der Waals surface area contributed by atoms with E-state index in [1.54, 1.807) is 17.8 Å². The van der Waals surface area contributed by atoms with E-state index < -0.39 is 0 Å². The van der Waals surface area contributed by atoms with Crippen LogP contribution < -0.4 is 5.73 Å². The van der Waals surface area contributed by atoms with Gasteiger partial charge < -0.3 is 5.73 Å². The van der Waals surface area contributed by atoms with Crippen LogP contribution in [-0.4, -0.2) is 9.78 Å². The second-order valence-corrected chi connectivity index (χ2v) is 4.46. The highest BCUT2D eigenvalue weighted by atomic mass is 79.9. The van der Waals surface area contributed by atoms with E-state index >= 15 is 0 Å². The number of aromatic nitrogens is 2. The Morgan fingerprint density at radius 2 is 2.12 bits per heavy atom. The highest BCUT2D eigenvalue weighted by Gasteiger charge is 2.14. The Kier molecular flexibility index (Phi) is 2.71. The Balaban J connectivity index is 2.67. The standard InChI is InChI=1S/C11H11BrFN3/c1-6-10(15-16(2)11(6)14)8-5-7(13)3-4-9(8)12/h3-5H,14H2,1-2H3. The Morgan fingerprint density at radius 3 is 2.69 bits per heavy atom. The Labute approximate surface area is 101 Å². The fourth-order valence-electron chi connectivity index (χ4n) is 1.58. The number of hydrogen-bond donors (Lipinski definition) is 1. The van der Waals surface area contributed by atoms with Crippen molar-refractivity contribution in [1.82, 2.24) is 9.78 Å².